The molecular formula is C39H60N6O6. The van der Waals surface area contributed by atoms with Crippen LogP contribution in [0.25, 0.3) is 0 Å². The molecule has 3 aliphatic rings. The molecule has 3 atom stereocenters. The van der Waals surface area contributed by atoms with E-state index in [1.165, 1.54) is 13.7 Å². The van der Waals surface area contributed by atoms with E-state index in [2.05, 4.69) is 35.7 Å². The molecule has 3 aliphatic carbocycles. The average molecular weight is 709 g/mol. The Bertz CT molecular complexity index is 1360. The summed E-state index contributed by atoms with van der Waals surface area (Å²) in [7, 11) is 0. The van der Waals surface area contributed by atoms with Crippen LogP contribution in [-0.4, -0.2) is 50.1 Å². The van der Waals surface area contributed by atoms with Crippen LogP contribution < -0.4 is 17.1 Å². The molecule has 12 nitrogen and oxygen atoms in total. The number of isocyanates is 3. The Morgan fingerprint density at radius 1 is 0.471 bits per heavy atom. The quantitative estimate of drug-likeness (QED) is 0.118. The van der Waals surface area contributed by atoms with Gasteiger partial charge in [-0.05, 0) is 114 Å². The van der Waals surface area contributed by atoms with Crippen molar-refractivity contribution in [3.05, 3.63) is 31.5 Å². The van der Waals surface area contributed by atoms with Gasteiger partial charge in [0.2, 0.25) is 18.2 Å². The highest BCUT2D eigenvalue weighted by atomic mass is 16.2. The molecule has 0 aliphatic heterocycles. The summed E-state index contributed by atoms with van der Waals surface area (Å²) in [6, 6.07) is -1.36. The second kappa shape index (κ2) is 20.6. The Morgan fingerprint density at radius 3 is 0.902 bits per heavy atom. The van der Waals surface area contributed by atoms with Crippen LogP contribution in [0.2, 0.25) is 0 Å². The van der Waals surface area contributed by atoms with Crippen molar-refractivity contribution in [1.29, 1.82) is 0 Å². The third-order valence-electron chi connectivity index (χ3n) is 12.4. The van der Waals surface area contributed by atoms with Gasteiger partial charge in [0.1, 0.15) is 0 Å². The number of nitrogens with zero attached hydrogens (tertiary/aromatic N) is 6. The van der Waals surface area contributed by atoms with Gasteiger partial charge in [-0.1, -0.05) is 59.3 Å². The average Bonchev–Trinajstić information content (AvgIpc) is 3.14. The molecule has 282 valence electrons. The summed E-state index contributed by atoms with van der Waals surface area (Å²) in [5, 5.41) is 0. The molecular weight excluding hydrogens is 648 g/mol. The van der Waals surface area contributed by atoms with Crippen LogP contribution in [0, 0.1) is 17.8 Å². The summed E-state index contributed by atoms with van der Waals surface area (Å²) < 4.78 is 4.13. The van der Waals surface area contributed by atoms with Crippen LogP contribution in [0.3, 0.4) is 0 Å². The summed E-state index contributed by atoms with van der Waals surface area (Å²) in [6.07, 6.45) is 21.7. The van der Waals surface area contributed by atoms with E-state index in [0.29, 0.717) is 38.5 Å². The third-order valence-corrected chi connectivity index (χ3v) is 12.4. The Balaban J connectivity index is 1.66. The molecule has 1 heterocycles. The predicted octanol–water partition coefficient (Wildman–Crippen LogP) is 7.05. The van der Waals surface area contributed by atoms with Gasteiger partial charge >= 0.3 is 17.1 Å². The zero-order valence-electron chi connectivity index (χ0n) is 31.2. The van der Waals surface area contributed by atoms with E-state index in [0.717, 1.165) is 96.3 Å². The highest BCUT2D eigenvalue weighted by Gasteiger charge is 2.36. The van der Waals surface area contributed by atoms with Crippen LogP contribution in [0.5, 0.6) is 0 Å². The van der Waals surface area contributed by atoms with Gasteiger partial charge in [0, 0.05) is 18.1 Å². The van der Waals surface area contributed by atoms with Crippen LogP contribution in [0.1, 0.15) is 174 Å². The molecule has 0 radical (unpaired) electrons. The second-order valence-electron chi connectivity index (χ2n) is 15.5. The van der Waals surface area contributed by atoms with Crippen molar-refractivity contribution in [1.82, 2.24) is 13.7 Å². The van der Waals surface area contributed by atoms with Gasteiger partial charge in [-0.25, -0.2) is 57.4 Å². The van der Waals surface area contributed by atoms with Gasteiger partial charge in [-0.3, -0.25) is 0 Å². The molecule has 0 bridgehead atoms. The number of unbranched alkanes of at least 4 members (excludes halogenated alkanes) is 3. The van der Waals surface area contributed by atoms with Crippen LogP contribution in [-0.2, 0) is 14.4 Å². The van der Waals surface area contributed by atoms with E-state index in [9.17, 15) is 28.8 Å². The fraction of sp³-hybridized carbons (Fsp3) is 0.846. The summed E-state index contributed by atoms with van der Waals surface area (Å²) in [6.45, 7) is 6.33. The van der Waals surface area contributed by atoms with Gasteiger partial charge in [0.15, 0.2) is 0 Å². The number of hydrogen-bond acceptors (Lipinski definition) is 9. The topological polar surface area (TPSA) is 154 Å². The molecule has 1 aromatic rings. The Morgan fingerprint density at radius 2 is 0.706 bits per heavy atom. The minimum absolute atomic E-state index is 0.106. The Labute approximate surface area is 301 Å². The van der Waals surface area contributed by atoms with Crippen molar-refractivity contribution in [2.45, 2.75) is 192 Å². The number of rotatable bonds is 18. The monoisotopic (exact) mass is 708 g/mol. The minimum atomic E-state index is -0.524. The van der Waals surface area contributed by atoms with Crippen molar-refractivity contribution >= 4 is 18.2 Å². The number of aromatic nitrogens is 3. The summed E-state index contributed by atoms with van der Waals surface area (Å²) in [5.74, 6) is 0.564. The van der Waals surface area contributed by atoms with Gasteiger partial charge in [-0.2, -0.15) is 0 Å². The van der Waals surface area contributed by atoms with E-state index in [1.807, 2.05) is 0 Å². The van der Waals surface area contributed by atoms with Crippen molar-refractivity contribution in [2.75, 3.05) is 0 Å². The highest BCUT2D eigenvalue weighted by Crippen LogP contribution is 2.38. The molecule has 0 spiro atoms. The lowest BCUT2D eigenvalue weighted by atomic mass is 9.79. The number of carbonyl (C=O) groups excluding carboxylic acids is 3. The highest BCUT2D eigenvalue weighted by molar-refractivity contribution is 5.34. The molecule has 3 unspecified atom stereocenters. The van der Waals surface area contributed by atoms with Crippen molar-refractivity contribution in [2.24, 2.45) is 32.7 Å². The molecule has 0 amide bonds. The predicted molar refractivity (Wildman–Crippen MR) is 197 cm³/mol. The SMILES string of the molecule is CCCCC(N=C=O)C1CCC(n2c(=O)n(C3CCC(C(CCCC)N=C=O)CC3)c(=O)n(C3CCC(C(CCCC)N=C=O)CC3)c2=O)CC1. The van der Waals surface area contributed by atoms with Gasteiger partial charge in [-0.15, -0.1) is 0 Å². The molecule has 4 rings (SSSR count). The first kappa shape index (κ1) is 40.3. The summed E-state index contributed by atoms with van der Waals surface area (Å²) in [5.41, 5.74) is -1.57. The summed E-state index contributed by atoms with van der Waals surface area (Å²) in [4.78, 5) is 89.3. The first-order chi connectivity index (χ1) is 24.8. The zero-order chi connectivity index (χ0) is 36.8. The molecule has 12 heteroatoms. The lowest BCUT2D eigenvalue weighted by molar-refractivity contribution is 0.185. The van der Waals surface area contributed by atoms with E-state index in [4.69, 9.17) is 0 Å². The van der Waals surface area contributed by atoms with Gasteiger partial charge in [0.05, 0.1) is 18.1 Å². The standard InChI is InChI=1S/C39H60N6O6/c1-4-7-10-34(40-25-46)28-13-19-31(20-14-28)43-37(49)44(32-21-15-29(16-22-32)35(41-26-47)11-8-5-2)39(51)45(38(43)50)33-23-17-30(18-24-33)36(42-27-48)12-9-6-3/h28-36H,4-24H2,1-3H3. The van der Waals surface area contributed by atoms with Crippen LogP contribution >= 0.6 is 0 Å². The van der Waals surface area contributed by atoms with Crippen molar-refractivity contribution in [3.8, 4) is 0 Å². The normalized spacial score (nSPS) is 26.9. The van der Waals surface area contributed by atoms with E-state index in [-0.39, 0.29) is 54.0 Å². The molecule has 51 heavy (non-hydrogen) atoms. The Hall–Kier alpha value is -3.45. The van der Waals surface area contributed by atoms with E-state index >= 15 is 0 Å². The van der Waals surface area contributed by atoms with Crippen LogP contribution in [0.4, 0.5) is 0 Å². The van der Waals surface area contributed by atoms with Gasteiger partial charge < -0.3 is 0 Å². The first-order valence-electron chi connectivity index (χ1n) is 20.0. The maximum absolute atomic E-state index is 14.4. The molecule has 3 saturated carbocycles. The molecule has 3 fully saturated rings. The van der Waals surface area contributed by atoms with Crippen molar-refractivity contribution < 1.29 is 14.4 Å². The summed E-state index contributed by atoms with van der Waals surface area (Å²) >= 11 is 0. The number of hydrogen-bond donors (Lipinski definition) is 0. The second-order valence-corrected chi connectivity index (χ2v) is 15.5. The third kappa shape index (κ3) is 10.1. The smallest absolute Gasteiger partial charge is 0.247 e. The lowest BCUT2D eigenvalue weighted by Crippen LogP contribution is -2.58. The molecule has 0 N–H and O–H groups in total. The molecule has 1 aromatic heterocycles. The Kier molecular flexibility index (Phi) is 16.3. The minimum Gasteiger partial charge on any atom is -0.247 e. The van der Waals surface area contributed by atoms with E-state index in [1.54, 1.807) is 18.2 Å². The first-order valence-corrected chi connectivity index (χ1v) is 20.0. The van der Waals surface area contributed by atoms with Crippen LogP contribution in [0.15, 0.2) is 29.4 Å². The van der Waals surface area contributed by atoms with Crippen molar-refractivity contribution in [3.63, 3.8) is 0 Å². The molecule has 0 saturated heterocycles. The number of aliphatic imine (C=N–C) groups is 3. The van der Waals surface area contributed by atoms with Gasteiger partial charge in [0.25, 0.3) is 0 Å². The fourth-order valence-electron chi connectivity index (χ4n) is 9.42. The largest absolute Gasteiger partial charge is 0.336 e. The maximum Gasteiger partial charge on any atom is 0.336 e. The maximum atomic E-state index is 14.4. The zero-order valence-corrected chi connectivity index (χ0v) is 31.2. The van der Waals surface area contributed by atoms with E-state index < -0.39 is 17.1 Å². The lowest BCUT2D eigenvalue weighted by Gasteiger charge is -2.36. The fourth-order valence-corrected chi connectivity index (χ4v) is 9.42. The molecule has 0 aromatic carbocycles.